The molecule has 0 aromatic carbocycles. The molecule has 3 rings (SSSR count). The van der Waals surface area contributed by atoms with Gasteiger partial charge in [0.05, 0.1) is 0 Å². The Morgan fingerprint density at radius 3 is 2.17 bits per heavy atom. The van der Waals surface area contributed by atoms with Gasteiger partial charge in [-0.3, -0.25) is 4.90 Å². The Balaban J connectivity index is 1.52. The Morgan fingerprint density at radius 2 is 1.48 bits per heavy atom. The van der Waals surface area contributed by atoms with Crippen molar-refractivity contribution in [1.29, 1.82) is 0 Å². The molecule has 3 aliphatic rings. The summed E-state index contributed by atoms with van der Waals surface area (Å²) in [5.41, 5.74) is 0.372. The van der Waals surface area contributed by atoms with Gasteiger partial charge in [-0.25, -0.2) is 0 Å². The summed E-state index contributed by atoms with van der Waals surface area (Å²) in [6, 6.07) is 0.612. The number of rotatable bonds is 4. The Bertz CT molecular complexity index is 367. The van der Waals surface area contributed by atoms with E-state index in [1.807, 2.05) is 0 Å². The highest BCUT2D eigenvalue weighted by Crippen LogP contribution is 2.35. The van der Waals surface area contributed by atoms with Crippen LogP contribution in [0.25, 0.3) is 0 Å². The van der Waals surface area contributed by atoms with Gasteiger partial charge in [0.25, 0.3) is 0 Å². The molecule has 0 atom stereocenters. The predicted octanol–water partition coefficient (Wildman–Crippen LogP) is 3.97. The van der Waals surface area contributed by atoms with E-state index >= 15 is 0 Å². The number of piperidine rings is 1. The van der Waals surface area contributed by atoms with Crippen molar-refractivity contribution in [3.63, 3.8) is 0 Å². The predicted molar refractivity (Wildman–Crippen MR) is 102 cm³/mol. The van der Waals surface area contributed by atoms with Gasteiger partial charge in [-0.05, 0) is 63.8 Å². The van der Waals surface area contributed by atoms with Crippen LogP contribution in [0.5, 0.6) is 0 Å². The van der Waals surface area contributed by atoms with Crippen LogP contribution in [0.15, 0.2) is 0 Å². The van der Waals surface area contributed by atoms with E-state index in [9.17, 15) is 0 Å². The number of thiocarbonyl (C=S) groups is 1. The quantitative estimate of drug-likeness (QED) is 0.759. The third kappa shape index (κ3) is 4.82. The molecule has 23 heavy (non-hydrogen) atoms. The van der Waals surface area contributed by atoms with Crippen molar-refractivity contribution >= 4 is 17.3 Å². The Hall–Kier alpha value is -0.350. The van der Waals surface area contributed by atoms with E-state index in [1.54, 1.807) is 0 Å². The summed E-state index contributed by atoms with van der Waals surface area (Å²) in [7, 11) is 0. The summed E-state index contributed by atoms with van der Waals surface area (Å²) in [5, 5.41) is 8.10. The lowest BCUT2D eigenvalue weighted by atomic mass is 9.79. The second-order valence-corrected chi connectivity index (χ2v) is 8.40. The van der Waals surface area contributed by atoms with Gasteiger partial charge in [-0.15, -0.1) is 0 Å². The molecule has 1 saturated heterocycles. The van der Waals surface area contributed by atoms with Gasteiger partial charge in [0, 0.05) is 18.1 Å². The van der Waals surface area contributed by atoms with Crippen molar-refractivity contribution in [3.05, 3.63) is 0 Å². The lowest BCUT2D eigenvalue weighted by Gasteiger charge is -2.48. The van der Waals surface area contributed by atoms with Crippen LogP contribution < -0.4 is 10.6 Å². The topological polar surface area (TPSA) is 27.3 Å². The normalized spacial score (nSPS) is 26.6. The van der Waals surface area contributed by atoms with Crippen molar-refractivity contribution < 1.29 is 0 Å². The fourth-order valence-electron chi connectivity index (χ4n) is 4.91. The highest BCUT2D eigenvalue weighted by Gasteiger charge is 2.38. The summed E-state index contributed by atoms with van der Waals surface area (Å²) in [5.74, 6) is 0. The van der Waals surface area contributed by atoms with E-state index in [2.05, 4.69) is 15.5 Å². The maximum absolute atomic E-state index is 5.61. The molecule has 0 bridgehead atoms. The number of nitrogens with one attached hydrogen (secondary N) is 2. The molecule has 4 heteroatoms. The zero-order valence-corrected chi connectivity index (χ0v) is 15.6. The van der Waals surface area contributed by atoms with E-state index < -0.39 is 0 Å². The average Bonchev–Trinajstić information content (AvgIpc) is 2.62. The van der Waals surface area contributed by atoms with Crippen molar-refractivity contribution in [2.24, 2.45) is 0 Å². The first-order valence-electron chi connectivity index (χ1n) is 10.1. The highest BCUT2D eigenvalue weighted by molar-refractivity contribution is 7.80. The molecule has 0 aromatic heterocycles. The third-order valence-corrected chi connectivity index (χ3v) is 6.59. The standard InChI is InChI=1S/C19H35N3S/c23-18(21-17-10-4-1-5-11-17)20-16-19(12-6-2-7-13-19)22-14-8-3-9-15-22/h17H,1-16H2,(H2,20,21,23). The number of nitrogens with zero attached hydrogens (tertiary/aromatic N) is 1. The van der Waals surface area contributed by atoms with Crippen LogP contribution in [0, 0.1) is 0 Å². The number of hydrogen-bond donors (Lipinski definition) is 2. The van der Waals surface area contributed by atoms with Gasteiger partial charge >= 0.3 is 0 Å². The molecule has 132 valence electrons. The molecule has 0 amide bonds. The molecule has 1 heterocycles. The molecule has 3 nitrogen and oxygen atoms in total. The molecule has 0 unspecified atom stereocenters. The fraction of sp³-hybridized carbons (Fsp3) is 0.947. The van der Waals surface area contributed by atoms with Gasteiger partial charge in [0.1, 0.15) is 0 Å². The monoisotopic (exact) mass is 337 g/mol. The maximum Gasteiger partial charge on any atom is 0.166 e. The van der Waals surface area contributed by atoms with Crippen molar-refractivity contribution in [2.45, 2.75) is 95.1 Å². The van der Waals surface area contributed by atoms with Crippen LogP contribution in [-0.4, -0.2) is 41.2 Å². The molecule has 0 spiro atoms. The molecule has 2 saturated carbocycles. The Kier molecular flexibility index (Phi) is 6.58. The second kappa shape index (κ2) is 8.66. The highest BCUT2D eigenvalue weighted by atomic mass is 32.1. The fourth-order valence-corrected chi connectivity index (χ4v) is 5.15. The van der Waals surface area contributed by atoms with Gasteiger partial charge in [-0.2, -0.15) is 0 Å². The minimum atomic E-state index is 0.372. The molecule has 0 radical (unpaired) electrons. The minimum absolute atomic E-state index is 0.372. The largest absolute Gasteiger partial charge is 0.361 e. The minimum Gasteiger partial charge on any atom is -0.361 e. The average molecular weight is 338 g/mol. The van der Waals surface area contributed by atoms with Gasteiger partial charge in [0.15, 0.2) is 5.11 Å². The van der Waals surface area contributed by atoms with E-state index in [-0.39, 0.29) is 0 Å². The Morgan fingerprint density at radius 1 is 0.870 bits per heavy atom. The van der Waals surface area contributed by atoms with E-state index in [0.717, 1.165) is 11.7 Å². The molecule has 0 aromatic rings. The van der Waals surface area contributed by atoms with E-state index in [4.69, 9.17) is 12.2 Å². The number of hydrogen-bond acceptors (Lipinski definition) is 2. The van der Waals surface area contributed by atoms with Crippen LogP contribution in [0.3, 0.4) is 0 Å². The lowest BCUT2D eigenvalue weighted by Crippen LogP contribution is -2.59. The van der Waals surface area contributed by atoms with Gasteiger partial charge in [-0.1, -0.05) is 44.9 Å². The first-order chi connectivity index (χ1) is 11.3. The van der Waals surface area contributed by atoms with Crippen molar-refractivity contribution in [3.8, 4) is 0 Å². The Labute approximate surface area is 148 Å². The molecule has 2 aliphatic carbocycles. The van der Waals surface area contributed by atoms with Crippen LogP contribution >= 0.6 is 12.2 Å². The summed E-state index contributed by atoms with van der Waals surface area (Å²) in [4.78, 5) is 2.80. The third-order valence-electron chi connectivity index (χ3n) is 6.33. The summed E-state index contributed by atoms with van der Waals surface area (Å²) in [6.45, 7) is 3.64. The van der Waals surface area contributed by atoms with Crippen LogP contribution in [0.1, 0.15) is 83.5 Å². The van der Waals surface area contributed by atoms with Gasteiger partial charge < -0.3 is 10.6 Å². The van der Waals surface area contributed by atoms with E-state index in [1.165, 1.54) is 96.6 Å². The van der Waals surface area contributed by atoms with Crippen LogP contribution in [0.4, 0.5) is 0 Å². The maximum atomic E-state index is 5.61. The summed E-state index contributed by atoms with van der Waals surface area (Å²) in [6.07, 6.45) is 17.8. The number of likely N-dealkylation sites (tertiary alicyclic amines) is 1. The molecule has 3 fully saturated rings. The zero-order valence-electron chi connectivity index (χ0n) is 14.7. The smallest absolute Gasteiger partial charge is 0.166 e. The zero-order chi connectivity index (χ0) is 16.0. The summed E-state index contributed by atoms with van der Waals surface area (Å²) >= 11 is 5.61. The SMILES string of the molecule is S=C(NCC1(N2CCCCC2)CCCCC1)NC1CCCCC1. The molecule has 1 aliphatic heterocycles. The van der Waals surface area contributed by atoms with E-state index in [0.29, 0.717) is 11.6 Å². The summed E-state index contributed by atoms with van der Waals surface area (Å²) < 4.78 is 0. The van der Waals surface area contributed by atoms with Crippen molar-refractivity contribution in [2.75, 3.05) is 19.6 Å². The molecule has 2 N–H and O–H groups in total. The van der Waals surface area contributed by atoms with Crippen LogP contribution in [0.2, 0.25) is 0 Å². The van der Waals surface area contributed by atoms with Gasteiger partial charge in [0.2, 0.25) is 0 Å². The molecular formula is C19H35N3S. The first kappa shape index (κ1) is 17.5. The molecular weight excluding hydrogens is 302 g/mol. The van der Waals surface area contributed by atoms with Crippen molar-refractivity contribution in [1.82, 2.24) is 15.5 Å². The lowest BCUT2D eigenvalue weighted by molar-refractivity contribution is 0.0369. The second-order valence-electron chi connectivity index (χ2n) is 7.99. The van der Waals surface area contributed by atoms with Crippen LogP contribution in [-0.2, 0) is 0 Å². The first-order valence-corrected chi connectivity index (χ1v) is 10.5.